The molecule has 2 nitrogen and oxygen atoms in total. The summed E-state index contributed by atoms with van der Waals surface area (Å²) in [6, 6.07) is 6.37. The lowest BCUT2D eigenvalue weighted by Gasteiger charge is -2.15. The number of halogens is 1. The van der Waals surface area contributed by atoms with Gasteiger partial charge in [0.1, 0.15) is 5.82 Å². The summed E-state index contributed by atoms with van der Waals surface area (Å²) in [4.78, 5) is 0. The lowest BCUT2D eigenvalue weighted by molar-refractivity contribution is 0.501. The minimum absolute atomic E-state index is 0.0407. The predicted octanol–water partition coefficient (Wildman–Crippen LogP) is 2.13. The second kappa shape index (κ2) is 6.18. The van der Waals surface area contributed by atoms with Crippen LogP contribution in [0.5, 0.6) is 0 Å². The average Bonchev–Trinajstić information content (AvgIpc) is 2.26. The van der Waals surface area contributed by atoms with Gasteiger partial charge in [-0.1, -0.05) is 12.1 Å². The third-order valence-electron chi connectivity index (χ3n) is 2.29. The summed E-state index contributed by atoms with van der Waals surface area (Å²) >= 11 is 0. The van der Waals surface area contributed by atoms with Crippen molar-refractivity contribution >= 4 is 0 Å². The molecular weight excluding hydrogens is 191 g/mol. The van der Waals surface area contributed by atoms with Crippen molar-refractivity contribution in [2.45, 2.75) is 25.3 Å². The molecule has 1 rings (SSSR count). The van der Waals surface area contributed by atoms with Gasteiger partial charge < -0.3 is 0 Å². The summed E-state index contributed by atoms with van der Waals surface area (Å²) in [5.41, 5.74) is 3.69. The van der Waals surface area contributed by atoms with Gasteiger partial charge in [0.15, 0.2) is 0 Å². The van der Waals surface area contributed by atoms with E-state index in [1.807, 2.05) is 0 Å². The molecule has 0 heterocycles. The van der Waals surface area contributed by atoms with E-state index in [2.05, 4.69) is 11.3 Å². The van der Waals surface area contributed by atoms with Crippen LogP contribution in [-0.2, 0) is 0 Å². The standard InChI is InChI=1S/C12H15FN2/c1-2-3-4-5-12(15-14)10-6-8-11(13)9-7-10/h1,6-9,12,15H,3-5,14H2. The first-order valence-corrected chi connectivity index (χ1v) is 4.93. The lowest BCUT2D eigenvalue weighted by atomic mass is 10.0. The maximum atomic E-state index is 12.7. The van der Waals surface area contributed by atoms with E-state index < -0.39 is 0 Å². The summed E-state index contributed by atoms with van der Waals surface area (Å²) in [5.74, 6) is 7.77. The van der Waals surface area contributed by atoms with Crippen LogP contribution in [0.3, 0.4) is 0 Å². The van der Waals surface area contributed by atoms with Gasteiger partial charge >= 0.3 is 0 Å². The summed E-state index contributed by atoms with van der Waals surface area (Å²) in [7, 11) is 0. The number of hydrogen-bond donors (Lipinski definition) is 2. The Balaban J connectivity index is 2.58. The van der Waals surface area contributed by atoms with E-state index in [4.69, 9.17) is 12.3 Å². The highest BCUT2D eigenvalue weighted by Gasteiger charge is 2.08. The molecule has 0 radical (unpaired) electrons. The summed E-state index contributed by atoms with van der Waals surface area (Å²) in [5, 5.41) is 0. The second-order valence-corrected chi connectivity index (χ2v) is 3.37. The molecule has 1 unspecified atom stereocenters. The van der Waals surface area contributed by atoms with E-state index in [-0.39, 0.29) is 11.9 Å². The highest BCUT2D eigenvalue weighted by Crippen LogP contribution is 2.18. The molecule has 0 fully saturated rings. The molecule has 1 aromatic carbocycles. The summed E-state index contributed by atoms with van der Waals surface area (Å²) in [6.07, 6.45) is 7.66. The molecule has 15 heavy (non-hydrogen) atoms. The van der Waals surface area contributed by atoms with Crippen LogP contribution in [0.1, 0.15) is 30.9 Å². The molecule has 1 atom stereocenters. The Hall–Kier alpha value is -1.37. The molecule has 1 aromatic rings. The first-order chi connectivity index (χ1) is 7.27. The fraction of sp³-hybridized carbons (Fsp3) is 0.333. The minimum Gasteiger partial charge on any atom is -0.271 e. The highest BCUT2D eigenvalue weighted by molar-refractivity contribution is 5.19. The van der Waals surface area contributed by atoms with Crippen LogP contribution in [0, 0.1) is 18.2 Å². The average molecular weight is 206 g/mol. The molecule has 3 N–H and O–H groups in total. The number of hydrazine groups is 1. The molecule has 0 aromatic heterocycles. The Labute approximate surface area is 89.6 Å². The molecular formula is C12H15FN2. The fourth-order valence-electron chi connectivity index (χ4n) is 1.45. The molecule has 0 aliphatic heterocycles. The number of nitrogens with two attached hydrogens (primary N) is 1. The molecule has 0 amide bonds. The van der Waals surface area contributed by atoms with E-state index in [0.29, 0.717) is 0 Å². The topological polar surface area (TPSA) is 38.0 Å². The zero-order chi connectivity index (χ0) is 11.1. The van der Waals surface area contributed by atoms with Gasteiger partial charge in [-0.25, -0.2) is 4.39 Å². The van der Waals surface area contributed by atoms with Crippen molar-refractivity contribution < 1.29 is 4.39 Å². The first-order valence-electron chi connectivity index (χ1n) is 4.93. The van der Waals surface area contributed by atoms with E-state index >= 15 is 0 Å². The Morgan fingerprint density at radius 2 is 2.07 bits per heavy atom. The molecule has 0 spiro atoms. The minimum atomic E-state index is -0.238. The van der Waals surface area contributed by atoms with Gasteiger partial charge in [0.05, 0.1) is 0 Å². The smallest absolute Gasteiger partial charge is 0.123 e. The molecule has 3 heteroatoms. The third kappa shape index (κ3) is 3.70. The number of benzene rings is 1. The fourth-order valence-corrected chi connectivity index (χ4v) is 1.45. The third-order valence-corrected chi connectivity index (χ3v) is 2.29. The van der Waals surface area contributed by atoms with Crippen molar-refractivity contribution in [1.29, 1.82) is 0 Å². The van der Waals surface area contributed by atoms with Crippen molar-refractivity contribution in [3.05, 3.63) is 35.6 Å². The summed E-state index contributed by atoms with van der Waals surface area (Å²) < 4.78 is 12.7. The van der Waals surface area contributed by atoms with Crippen LogP contribution in [0.4, 0.5) is 4.39 Å². The number of nitrogens with one attached hydrogen (secondary N) is 1. The number of terminal acetylenes is 1. The number of hydrogen-bond acceptors (Lipinski definition) is 2. The van der Waals surface area contributed by atoms with Gasteiger partial charge in [-0.05, 0) is 30.5 Å². The van der Waals surface area contributed by atoms with Gasteiger partial charge in [0.2, 0.25) is 0 Å². The van der Waals surface area contributed by atoms with Crippen molar-refractivity contribution in [2.75, 3.05) is 0 Å². The van der Waals surface area contributed by atoms with Crippen molar-refractivity contribution in [2.24, 2.45) is 5.84 Å². The maximum absolute atomic E-state index is 12.7. The van der Waals surface area contributed by atoms with Gasteiger partial charge in [0.25, 0.3) is 0 Å². The molecule has 80 valence electrons. The van der Waals surface area contributed by atoms with E-state index in [1.54, 1.807) is 12.1 Å². The van der Waals surface area contributed by atoms with Crippen LogP contribution in [0.15, 0.2) is 24.3 Å². The van der Waals surface area contributed by atoms with Gasteiger partial charge in [-0.3, -0.25) is 11.3 Å². The number of unbranched alkanes of at least 4 members (excludes halogenated alkanes) is 1. The Morgan fingerprint density at radius 3 is 2.60 bits per heavy atom. The quantitative estimate of drug-likeness (QED) is 0.335. The van der Waals surface area contributed by atoms with Crippen LogP contribution in [-0.4, -0.2) is 0 Å². The van der Waals surface area contributed by atoms with Crippen molar-refractivity contribution in [3.8, 4) is 12.3 Å². The van der Waals surface area contributed by atoms with Crippen LogP contribution < -0.4 is 11.3 Å². The normalized spacial score (nSPS) is 12.1. The van der Waals surface area contributed by atoms with E-state index in [1.165, 1.54) is 12.1 Å². The first kappa shape index (κ1) is 11.7. The monoisotopic (exact) mass is 206 g/mol. The van der Waals surface area contributed by atoms with Gasteiger partial charge in [-0.2, -0.15) is 0 Å². The lowest BCUT2D eigenvalue weighted by Crippen LogP contribution is -2.27. The number of rotatable bonds is 5. The predicted molar refractivity (Wildman–Crippen MR) is 59.1 cm³/mol. The van der Waals surface area contributed by atoms with E-state index in [0.717, 1.165) is 24.8 Å². The maximum Gasteiger partial charge on any atom is 0.123 e. The Bertz CT molecular complexity index is 326. The van der Waals surface area contributed by atoms with Crippen LogP contribution in [0.2, 0.25) is 0 Å². The molecule has 0 aliphatic carbocycles. The molecule has 0 aliphatic rings. The molecule has 0 bridgehead atoms. The van der Waals surface area contributed by atoms with Crippen LogP contribution in [0.25, 0.3) is 0 Å². The molecule has 0 saturated carbocycles. The van der Waals surface area contributed by atoms with Crippen molar-refractivity contribution in [1.82, 2.24) is 5.43 Å². The summed E-state index contributed by atoms with van der Waals surface area (Å²) in [6.45, 7) is 0. The van der Waals surface area contributed by atoms with Gasteiger partial charge in [0, 0.05) is 12.5 Å². The molecule has 0 saturated heterocycles. The van der Waals surface area contributed by atoms with E-state index in [9.17, 15) is 4.39 Å². The zero-order valence-electron chi connectivity index (χ0n) is 8.54. The van der Waals surface area contributed by atoms with Crippen molar-refractivity contribution in [3.63, 3.8) is 0 Å². The SMILES string of the molecule is C#CCCCC(NN)c1ccc(F)cc1. The Morgan fingerprint density at radius 1 is 1.40 bits per heavy atom. The Kier molecular flexibility index (Phi) is 4.82. The zero-order valence-corrected chi connectivity index (χ0v) is 8.54. The highest BCUT2D eigenvalue weighted by atomic mass is 19.1. The second-order valence-electron chi connectivity index (χ2n) is 3.37. The van der Waals surface area contributed by atoms with Gasteiger partial charge in [-0.15, -0.1) is 12.3 Å². The largest absolute Gasteiger partial charge is 0.271 e. The van der Waals surface area contributed by atoms with Crippen LogP contribution >= 0.6 is 0 Å².